The summed E-state index contributed by atoms with van der Waals surface area (Å²) in [4.78, 5) is 11.3. The van der Waals surface area contributed by atoms with E-state index in [2.05, 4.69) is 10.1 Å². The number of aryl methyl sites for hydroxylation is 1. The van der Waals surface area contributed by atoms with Gasteiger partial charge >= 0.3 is 12.1 Å². The van der Waals surface area contributed by atoms with Crippen LogP contribution in [0.3, 0.4) is 0 Å². The molecule has 0 fully saturated rings. The highest BCUT2D eigenvalue weighted by atomic mass is 19.4. The van der Waals surface area contributed by atoms with Gasteiger partial charge < -0.3 is 14.5 Å². The van der Waals surface area contributed by atoms with Crippen LogP contribution < -0.4 is 5.32 Å². The number of methoxy groups -OCH3 is 1. The van der Waals surface area contributed by atoms with E-state index in [1.807, 2.05) is 0 Å². The summed E-state index contributed by atoms with van der Waals surface area (Å²) >= 11 is 0. The first-order chi connectivity index (χ1) is 8.83. The van der Waals surface area contributed by atoms with Crippen molar-refractivity contribution >= 4 is 5.97 Å². The van der Waals surface area contributed by atoms with E-state index in [4.69, 9.17) is 4.42 Å². The number of alkyl halides is 3. The highest BCUT2D eigenvalue weighted by molar-refractivity contribution is 5.90. The molecule has 0 aliphatic heterocycles. The molecule has 0 aliphatic carbocycles. The summed E-state index contributed by atoms with van der Waals surface area (Å²) < 4.78 is 45.5. The number of esters is 1. The molecule has 0 aromatic carbocycles. The van der Waals surface area contributed by atoms with Crippen molar-refractivity contribution in [1.29, 1.82) is 0 Å². The van der Waals surface area contributed by atoms with E-state index in [0.717, 1.165) is 0 Å². The molecule has 0 aliphatic rings. The van der Waals surface area contributed by atoms with Gasteiger partial charge in [0.15, 0.2) is 0 Å². The summed E-state index contributed by atoms with van der Waals surface area (Å²) in [6, 6.07) is 1.53. The Morgan fingerprint density at radius 1 is 1.47 bits per heavy atom. The Hall–Kier alpha value is -1.50. The number of carbonyl (C=O) groups excluding carboxylic acids is 1. The molecule has 108 valence electrons. The Labute approximate surface area is 108 Å². The Morgan fingerprint density at radius 2 is 2.16 bits per heavy atom. The van der Waals surface area contributed by atoms with Crippen molar-refractivity contribution in [3.05, 3.63) is 23.2 Å². The maximum Gasteiger partial charge on any atom is 0.389 e. The lowest BCUT2D eigenvalue weighted by atomic mass is 10.2. The number of ether oxygens (including phenoxy) is 1. The van der Waals surface area contributed by atoms with Crippen LogP contribution in [0.1, 0.15) is 34.7 Å². The van der Waals surface area contributed by atoms with Gasteiger partial charge in [-0.2, -0.15) is 13.2 Å². The molecule has 7 heteroatoms. The number of carbonyl (C=O) groups is 1. The number of halogens is 3. The third kappa shape index (κ3) is 5.34. The minimum Gasteiger partial charge on any atom is -0.465 e. The van der Waals surface area contributed by atoms with E-state index in [9.17, 15) is 18.0 Å². The molecule has 1 rings (SSSR count). The molecule has 1 aromatic rings. The minimum atomic E-state index is -4.12. The molecule has 1 N–H and O–H groups in total. The zero-order chi connectivity index (χ0) is 14.5. The second-order valence-corrected chi connectivity index (χ2v) is 4.07. The molecule has 0 spiro atoms. The molecule has 0 bridgehead atoms. The molecule has 0 radical (unpaired) electrons. The second-order valence-electron chi connectivity index (χ2n) is 4.07. The van der Waals surface area contributed by atoms with Gasteiger partial charge in [-0.25, -0.2) is 4.79 Å². The van der Waals surface area contributed by atoms with Crippen molar-refractivity contribution in [3.8, 4) is 0 Å². The maximum atomic E-state index is 11.9. The number of hydrogen-bond acceptors (Lipinski definition) is 4. The Kier molecular flexibility index (Phi) is 5.41. The summed E-state index contributed by atoms with van der Waals surface area (Å²) in [7, 11) is 1.27. The third-order valence-corrected chi connectivity index (χ3v) is 2.49. The highest BCUT2D eigenvalue weighted by Gasteiger charge is 2.25. The average Bonchev–Trinajstić information content (AvgIpc) is 2.67. The van der Waals surface area contributed by atoms with Crippen LogP contribution in [-0.2, 0) is 11.3 Å². The smallest absolute Gasteiger partial charge is 0.389 e. The maximum absolute atomic E-state index is 11.9. The van der Waals surface area contributed by atoms with Gasteiger partial charge in [0, 0.05) is 6.42 Å². The average molecular weight is 279 g/mol. The van der Waals surface area contributed by atoms with E-state index in [1.165, 1.54) is 13.2 Å². The lowest BCUT2D eigenvalue weighted by Gasteiger charge is -2.06. The van der Waals surface area contributed by atoms with Crippen LogP contribution in [-0.4, -0.2) is 25.8 Å². The molecule has 1 aromatic heterocycles. The van der Waals surface area contributed by atoms with Gasteiger partial charge in [0.1, 0.15) is 17.1 Å². The van der Waals surface area contributed by atoms with Crippen LogP contribution in [0.2, 0.25) is 0 Å². The van der Waals surface area contributed by atoms with E-state index < -0.39 is 18.6 Å². The quantitative estimate of drug-likeness (QED) is 0.642. The van der Waals surface area contributed by atoms with Crippen LogP contribution in [0, 0.1) is 6.92 Å². The summed E-state index contributed by atoms with van der Waals surface area (Å²) in [6.07, 6.45) is -4.93. The van der Waals surface area contributed by atoms with Gasteiger partial charge in [-0.05, 0) is 26.0 Å². The van der Waals surface area contributed by atoms with Gasteiger partial charge in [0.2, 0.25) is 0 Å². The van der Waals surface area contributed by atoms with Crippen molar-refractivity contribution in [2.45, 2.75) is 32.5 Å². The molecule has 1 heterocycles. The van der Waals surface area contributed by atoms with E-state index in [0.29, 0.717) is 17.1 Å². The second kappa shape index (κ2) is 6.60. The topological polar surface area (TPSA) is 51.5 Å². The Bertz CT molecular complexity index is 426. The van der Waals surface area contributed by atoms with Crippen LogP contribution in [0.4, 0.5) is 13.2 Å². The zero-order valence-corrected chi connectivity index (χ0v) is 10.8. The van der Waals surface area contributed by atoms with Crippen molar-refractivity contribution in [2.24, 2.45) is 0 Å². The summed E-state index contributed by atoms with van der Waals surface area (Å²) in [5.74, 6) is 0.424. The van der Waals surface area contributed by atoms with Gasteiger partial charge in [0.25, 0.3) is 0 Å². The fraction of sp³-hybridized carbons (Fsp3) is 0.583. The monoisotopic (exact) mass is 279 g/mol. The first-order valence-electron chi connectivity index (χ1n) is 5.78. The standard InChI is InChI=1S/C12H16F3NO3/c1-8-10(11(17)18-2)6-9(19-8)7-16-5-3-4-12(13,14)15/h6,16H,3-5,7H2,1-2H3. The molecule has 0 saturated heterocycles. The first kappa shape index (κ1) is 15.6. The van der Waals surface area contributed by atoms with Crippen LogP contribution in [0.15, 0.2) is 10.5 Å². The van der Waals surface area contributed by atoms with Crippen LogP contribution in [0.25, 0.3) is 0 Å². The first-order valence-corrected chi connectivity index (χ1v) is 5.78. The molecule has 0 atom stereocenters. The molecule has 0 amide bonds. The van der Waals surface area contributed by atoms with E-state index in [1.54, 1.807) is 6.92 Å². The summed E-state index contributed by atoms with van der Waals surface area (Å²) in [5.41, 5.74) is 0.328. The molecular formula is C12H16F3NO3. The predicted octanol–water partition coefficient (Wildman–Crippen LogP) is 2.81. The van der Waals surface area contributed by atoms with Gasteiger partial charge in [-0.15, -0.1) is 0 Å². The Balaban J connectivity index is 2.36. The van der Waals surface area contributed by atoms with Crippen molar-refractivity contribution in [1.82, 2.24) is 5.32 Å². The minimum absolute atomic E-state index is 0.00699. The van der Waals surface area contributed by atoms with Gasteiger partial charge in [-0.3, -0.25) is 0 Å². The normalized spacial score (nSPS) is 11.6. The third-order valence-electron chi connectivity index (χ3n) is 2.49. The number of hydrogen-bond donors (Lipinski definition) is 1. The van der Waals surface area contributed by atoms with Gasteiger partial charge in [-0.1, -0.05) is 0 Å². The predicted molar refractivity (Wildman–Crippen MR) is 61.8 cm³/mol. The molecule has 0 unspecified atom stereocenters. The van der Waals surface area contributed by atoms with Crippen LogP contribution in [0.5, 0.6) is 0 Å². The van der Waals surface area contributed by atoms with E-state index >= 15 is 0 Å². The molecular weight excluding hydrogens is 263 g/mol. The summed E-state index contributed by atoms with van der Waals surface area (Å²) in [5, 5.41) is 2.83. The lowest BCUT2D eigenvalue weighted by Crippen LogP contribution is -2.17. The number of rotatable bonds is 6. The summed E-state index contributed by atoms with van der Waals surface area (Å²) in [6.45, 7) is 2.13. The van der Waals surface area contributed by atoms with Gasteiger partial charge in [0.05, 0.1) is 13.7 Å². The van der Waals surface area contributed by atoms with E-state index in [-0.39, 0.29) is 19.5 Å². The molecule has 19 heavy (non-hydrogen) atoms. The van der Waals surface area contributed by atoms with Crippen molar-refractivity contribution < 1.29 is 27.1 Å². The SMILES string of the molecule is COC(=O)c1cc(CNCCCC(F)(F)F)oc1C. The number of furan rings is 1. The molecule has 4 nitrogen and oxygen atoms in total. The fourth-order valence-electron chi connectivity index (χ4n) is 1.57. The fourth-order valence-corrected chi connectivity index (χ4v) is 1.57. The number of nitrogens with one attached hydrogen (secondary N) is 1. The zero-order valence-electron chi connectivity index (χ0n) is 10.8. The van der Waals surface area contributed by atoms with Crippen molar-refractivity contribution in [2.75, 3.05) is 13.7 Å². The molecule has 0 saturated carbocycles. The highest BCUT2D eigenvalue weighted by Crippen LogP contribution is 2.20. The lowest BCUT2D eigenvalue weighted by molar-refractivity contribution is -0.135. The van der Waals surface area contributed by atoms with Crippen molar-refractivity contribution in [3.63, 3.8) is 0 Å². The van der Waals surface area contributed by atoms with Crippen LogP contribution >= 0.6 is 0 Å². The largest absolute Gasteiger partial charge is 0.465 e. The Morgan fingerprint density at radius 3 is 2.74 bits per heavy atom.